The van der Waals surface area contributed by atoms with Crippen molar-refractivity contribution in [2.24, 2.45) is 5.73 Å². The summed E-state index contributed by atoms with van der Waals surface area (Å²) in [6.07, 6.45) is 2.18. The van der Waals surface area contributed by atoms with Crippen LogP contribution in [-0.2, 0) is 11.3 Å². The summed E-state index contributed by atoms with van der Waals surface area (Å²) < 4.78 is 5.23. The predicted octanol–water partition coefficient (Wildman–Crippen LogP) is 1.33. The number of unbranched alkanes of at least 4 members (excludes halogenated alkanes) is 1. The molecule has 0 fully saturated rings. The molecule has 5 nitrogen and oxygen atoms in total. The number of carbonyl (C=O) groups excluding carboxylic acids is 1. The fourth-order valence-corrected chi connectivity index (χ4v) is 1.64. The third-order valence-corrected chi connectivity index (χ3v) is 2.56. The van der Waals surface area contributed by atoms with Gasteiger partial charge in [-0.3, -0.25) is 4.79 Å². The fourth-order valence-electron chi connectivity index (χ4n) is 1.64. The summed E-state index contributed by atoms with van der Waals surface area (Å²) in [5, 5.41) is 11.7. The van der Waals surface area contributed by atoms with Crippen LogP contribution in [0.5, 0.6) is 5.75 Å². The van der Waals surface area contributed by atoms with Crippen LogP contribution in [-0.4, -0.2) is 19.1 Å². The maximum absolute atomic E-state index is 10.5. The molecule has 102 valence electrons. The Kier molecular flexibility index (Phi) is 7.06. The average molecular weight is 261 g/mol. The Morgan fingerprint density at radius 3 is 3.00 bits per heavy atom. The van der Waals surface area contributed by atoms with Gasteiger partial charge in [-0.25, -0.2) is 0 Å². The SMILES string of the molecule is N#CCOc1cccc(CNCCCCC(N)=O)c1. The van der Waals surface area contributed by atoms with Crippen LogP contribution in [0.15, 0.2) is 24.3 Å². The van der Waals surface area contributed by atoms with Crippen LogP contribution in [0, 0.1) is 11.3 Å². The molecule has 0 bridgehead atoms. The van der Waals surface area contributed by atoms with E-state index in [1.807, 2.05) is 30.3 Å². The van der Waals surface area contributed by atoms with Crippen molar-refractivity contribution in [3.63, 3.8) is 0 Å². The minimum Gasteiger partial charge on any atom is -0.479 e. The van der Waals surface area contributed by atoms with E-state index in [-0.39, 0.29) is 12.5 Å². The molecule has 0 spiro atoms. The normalized spacial score (nSPS) is 9.84. The molecule has 0 atom stereocenters. The first-order valence-corrected chi connectivity index (χ1v) is 6.30. The summed E-state index contributed by atoms with van der Waals surface area (Å²) in [7, 11) is 0. The van der Waals surface area contributed by atoms with Gasteiger partial charge in [-0.1, -0.05) is 12.1 Å². The molecule has 5 heteroatoms. The van der Waals surface area contributed by atoms with E-state index in [0.29, 0.717) is 12.2 Å². The van der Waals surface area contributed by atoms with Gasteiger partial charge >= 0.3 is 0 Å². The van der Waals surface area contributed by atoms with Crippen molar-refractivity contribution in [2.45, 2.75) is 25.8 Å². The summed E-state index contributed by atoms with van der Waals surface area (Å²) in [6.45, 7) is 1.64. The van der Waals surface area contributed by atoms with Gasteiger partial charge in [0.2, 0.25) is 5.91 Å². The number of benzene rings is 1. The van der Waals surface area contributed by atoms with Crippen molar-refractivity contribution in [1.29, 1.82) is 5.26 Å². The van der Waals surface area contributed by atoms with E-state index < -0.39 is 0 Å². The summed E-state index contributed by atoms with van der Waals surface area (Å²) >= 11 is 0. The number of hydrogen-bond donors (Lipinski definition) is 2. The number of amides is 1. The molecule has 0 radical (unpaired) electrons. The van der Waals surface area contributed by atoms with E-state index in [0.717, 1.165) is 31.5 Å². The first-order valence-electron chi connectivity index (χ1n) is 6.30. The number of hydrogen-bond acceptors (Lipinski definition) is 4. The molecule has 3 N–H and O–H groups in total. The third kappa shape index (κ3) is 7.06. The molecular weight excluding hydrogens is 242 g/mol. The van der Waals surface area contributed by atoms with Crippen molar-refractivity contribution >= 4 is 5.91 Å². The smallest absolute Gasteiger partial charge is 0.217 e. The summed E-state index contributed by atoms with van der Waals surface area (Å²) in [5.74, 6) is 0.455. The van der Waals surface area contributed by atoms with Crippen molar-refractivity contribution < 1.29 is 9.53 Å². The van der Waals surface area contributed by atoms with Gasteiger partial charge in [0.05, 0.1) is 0 Å². The highest BCUT2D eigenvalue weighted by Crippen LogP contribution is 2.12. The molecule has 0 saturated heterocycles. The summed E-state index contributed by atoms with van der Waals surface area (Å²) in [4.78, 5) is 10.5. The van der Waals surface area contributed by atoms with Crippen LogP contribution in [0.2, 0.25) is 0 Å². The van der Waals surface area contributed by atoms with Crippen LogP contribution in [0.1, 0.15) is 24.8 Å². The van der Waals surface area contributed by atoms with Gasteiger partial charge in [-0.15, -0.1) is 0 Å². The van der Waals surface area contributed by atoms with Crippen molar-refractivity contribution in [3.05, 3.63) is 29.8 Å². The zero-order valence-corrected chi connectivity index (χ0v) is 10.9. The monoisotopic (exact) mass is 261 g/mol. The lowest BCUT2D eigenvalue weighted by molar-refractivity contribution is -0.118. The highest BCUT2D eigenvalue weighted by Gasteiger charge is 1.98. The van der Waals surface area contributed by atoms with Crippen molar-refractivity contribution in [3.8, 4) is 11.8 Å². The first-order chi connectivity index (χ1) is 9.22. The third-order valence-electron chi connectivity index (χ3n) is 2.56. The molecule has 0 aliphatic rings. The van der Waals surface area contributed by atoms with Gasteiger partial charge in [-0.05, 0) is 37.1 Å². The van der Waals surface area contributed by atoms with Crippen LogP contribution < -0.4 is 15.8 Å². The number of primary amides is 1. The molecule has 1 aromatic carbocycles. The highest BCUT2D eigenvalue weighted by molar-refractivity contribution is 5.73. The quantitative estimate of drug-likeness (QED) is 0.656. The maximum atomic E-state index is 10.5. The standard InChI is InChI=1S/C14H19N3O2/c15-7-9-19-13-5-3-4-12(10-13)11-17-8-2-1-6-14(16)18/h3-5,10,17H,1-2,6,8-9,11H2,(H2,16,18). The van der Waals surface area contributed by atoms with Gasteiger partial charge in [-0.2, -0.15) is 5.26 Å². The van der Waals surface area contributed by atoms with E-state index in [1.165, 1.54) is 0 Å². The Balaban J connectivity index is 2.22. The van der Waals surface area contributed by atoms with E-state index >= 15 is 0 Å². The predicted molar refractivity (Wildman–Crippen MR) is 72.3 cm³/mol. The molecule has 1 aromatic rings. The van der Waals surface area contributed by atoms with Gasteiger partial charge in [0, 0.05) is 13.0 Å². The Labute approximate surface area is 113 Å². The van der Waals surface area contributed by atoms with Gasteiger partial charge in [0.15, 0.2) is 6.61 Å². The van der Waals surface area contributed by atoms with Crippen LogP contribution in [0.3, 0.4) is 0 Å². The minimum absolute atomic E-state index is 0.0595. The zero-order chi connectivity index (χ0) is 13.9. The van der Waals surface area contributed by atoms with Gasteiger partial charge < -0.3 is 15.8 Å². The molecule has 0 aromatic heterocycles. The van der Waals surface area contributed by atoms with E-state index in [2.05, 4.69) is 5.32 Å². The highest BCUT2D eigenvalue weighted by atomic mass is 16.5. The first kappa shape index (κ1) is 15.0. The van der Waals surface area contributed by atoms with E-state index in [4.69, 9.17) is 15.7 Å². The molecule has 19 heavy (non-hydrogen) atoms. The number of nitriles is 1. The summed E-state index contributed by atoms with van der Waals surface area (Å²) in [6, 6.07) is 9.57. The Morgan fingerprint density at radius 2 is 2.26 bits per heavy atom. The second kappa shape index (κ2) is 8.95. The van der Waals surface area contributed by atoms with Crippen molar-refractivity contribution in [2.75, 3.05) is 13.2 Å². The number of ether oxygens (including phenoxy) is 1. The molecule has 0 saturated carbocycles. The van der Waals surface area contributed by atoms with Gasteiger partial charge in [0.1, 0.15) is 11.8 Å². The van der Waals surface area contributed by atoms with Crippen LogP contribution in [0.4, 0.5) is 0 Å². The number of nitrogens with two attached hydrogens (primary N) is 1. The maximum Gasteiger partial charge on any atom is 0.217 e. The van der Waals surface area contributed by atoms with Gasteiger partial charge in [0.25, 0.3) is 0 Å². The van der Waals surface area contributed by atoms with Crippen LogP contribution >= 0.6 is 0 Å². The molecule has 0 unspecified atom stereocenters. The number of nitrogens with one attached hydrogen (secondary N) is 1. The van der Waals surface area contributed by atoms with E-state index in [1.54, 1.807) is 0 Å². The molecule has 0 aliphatic carbocycles. The molecule has 1 amide bonds. The van der Waals surface area contributed by atoms with Crippen molar-refractivity contribution in [1.82, 2.24) is 5.32 Å². The summed E-state index contributed by atoms with van der Waals surface area (Å²) in [5.41, 5.74) is 6.16. The second-order valence-electron chi connectivity index (χ2n) is 4.19. The number of carbonyl (C=O) groups is 1. The molecule has 0 aliphatic heterocycles. The molecule has 0 heterocycles. The lowest BCUT2D eigenvalue weighted by atomic mass is 10.2. The second-order valence-corrected chi connectivity index (χ2v) is 4.19. The molecular formula is C14H19N3O2. The lowest BCUT2D eigenvalue weighted by Crippen LogP contribution is -2.16. The zero-order valence-electron chi connectivity index (χ0n) is 10.9. The minimum atomic E-state index is -0.248. The van der Waals surface area contributed by atoms with E-state index in [9.17, 15) is 4.79 Å². The number of nitrogens with zero attached hydrogens (tertiary/aromatic N) is 1. The molecule has 1 rings (SSSR count). The van der Waals surface area contributed by atoms with Crippen LogP contribution in [0.25, 0.3) is 0 Å². The Hall–Kier alpha value is -2.06. The average Bonchev–Trinajstić information content (AvgIpc) is 2.40. The Bertz CT molecular complexity index is 441. The lowest BCUT2D eigenvalue weighted by Gasteiger charge is -2.07. The largest absolute Gasteiger partial charge is 0.479 e. The Morgan fingerprint density at radius 1 is 1.42 bits per heavy atom. The number of rotatable bonds is 9. The topological polar surface area (TPSA) is 88.1 Å². The fraction of sp³-hybridized carbons (Fsp3) is 0.429.